The van der Waals surface area contributed by atoms with E-state index in [1.165, 1.54) is 11.3 Å². The van der Waals surface area contributed by atoms with E-state index in [1.807, 2.05) is 5.38 Å². The van der Waals surface area contributed by atoms with Gasteiger partial charge in [0.15, 0.2) is 0 Å². The molecule has 0 fully saturated rings. The number of nitrogens with zero attached hydrogens (tertiary/aromatic N) is 1. The molecule has 1 aromatic rings. The molecule has 1 unspecified atom stereocenters. The highest BCUT2D eigenvalue weighted by atomic mass is 32.1. The largest absolute Gasteiger partial charge is 0.350 e. The number of rotatable bonds is 2. The fourth-order valence-electron chi connectivity index (χ4n) is 0.598. The van der Waals surface area contributed by atoms with Gasteiger partial charge < -0.3 is 5.32 Å². The Bertz CT molecular complexity index is 237. The van der Waals surface area contributed by atoms with E-state index in [4.69, 9.17) is 1.37 Å². The number of hydrogen-bond donors (Lipinski definition) is 1. The van der Waals surface area contributed by atoms with E-state index in [0.29, 0.717) is 0 Å². The van der Waals surface area contributed by atoms with Crippen LogP contribution in [-0.4, -0.2) is 11.4 Å². The lowest BCUT2D eigenvalue weighted by Crippen LogP contribution is -2.15. The van der Waals surface area contributed by atoms with E-state index in [2.05, 4.69) is 10.3 Å². The second-order valence-corrected chi connectivity index (χ2v) is 2.76. The third-order valence-corrected chi connectivity index (χ3v) is 2.06. The van der Waals surface area contributed by atoms with Crippen molar-refractivity contribution < 1.29 is 6.17 Å². The first-order valence-corrected chi connectivity index (χ1v) is 3.74. The summed E-state index contributed by atoms with van der Waals surface area (Å²) in [5.41, 5.74) is 0. The van der Waals surface area contributed by atoms with Gasteiger partial charge in [0, 0.05) is 11.6 Å². The van der Waals surface area contributed by atoms with E-state index in [0.717, 1.165) is 5.01 Å². The SMILES string of the molecule is [2H]C(=O)NC(C)c1nccs1. The van der Waals surface area contributed by atoms with Crippen molar-refractivity contribution in [3.63, 3.8) is 0 Å². The van der Waals surface area contributed by atoms with Crippen LogP contribution in [0.3, 0.4) is 0 Å². The molecule has 1 N–H and O–H groups in total. The Morgan fingerprint density at radius 3 is 3.40 bits per heavy atom. The van der Waals surface area contributed by atoms with Crippen LogP contribution < -0.4 is 5.32 Å². The number of nitrogens with one attached hydrogen (secondary N) is 1. The number of carbonyl (C=O) groups is 1. The molecule has 0 saturated carbocycles. The summed E-state index contributed by atoms with van der Waals surface area (Å²) in [4.78, 5) is 14.3. The van der Waals surface area contributed by atoms with Crippen molar-refractivity contribution in [2.45, 2.75) is 13.0 Å². The zero-order valence-electron chi connectivity index (χ0n) is 6.50. The van der Waals surface area contributed by atoms with Gasteiger partial charge in [-0.3, -0.25) is 4.79 Å². The van der Waals surface area contributed by atoms with Crippen LogP contribution >= 0.6 is 11.3 Å². The van der Waals surface area contributed by atoms with E-state index < -0.39 is 6.39 Å². The van der Waals surface area contributed by atoms with E-state index >= 15 is 0 Å². The number of thiazole rings is 1. The number of carbonyl (C=O) groups excluding carboxylic acids is 1. The average Bonchev–Trinajstić information content (AvgIpc) is 2.35. The Labute approximate surface area is 64.5 Å². The molecule has 54 valence electrons. The lowest BCUT2D eigenvalue weighted by atomic mass is 10.4. The van der Waals surface area contributed by atoms with Crippen LogP contribution in [0, 0.1) is 0 Å². The van der Waals surface area contributed by atoms with E-state index in [-0.39, 0.29) is 6.04 Å². The smallest absolute Gasteiger partial charge is 0.207 e. The highest BCUT2D eigenvalue weighted by molar-refractivity contribution is 7.09. The normalized spacial score (nSPS) is 13.9. The Hall–Kier alpha value is -0.900. The highest BCUT2D eigenvalue weighted by Crippen LogP contribution is 2.13. The summed E-state index contributed by atoms with van der Waals surface area (Å²) in [6.45, 7) is 1.80. The summed E-state index contributed by atoms with van der Waals surface area (Å²) in [6.07, 6.45) is 0.903. The van der Waals surface area contributed by atoms with Gasteiger partial charge in [-0.25, -0.2) is 4.98 Å². The van der Waals surface area contributed by atoms with Crippen LogP contribution in [0.5, 0.6) is 0 Å². The molecule has 0 spiro atoms. The Morgan fingerprint density at radius 2 is 2.90 bits per heavy atom. The van der Waals surface area contributed by atoms with Crippen LogP contribution in [0.2, 0.25) is 0 Å². The predicted octanol–water partition coefficient (Wildman–Crippen LogP) is 0.950. The van der Waals surface area contributed by atoms with Gasteiger partial charge in [0.25, 0.3) is 0 Å². The molecule has 0 aromatic carbocycles. The molecule has 1 heterocycles. The summed E-state index contributed by atoms with van der Waals surface area (Å²) in [5, 5.41) is 5.08. The lowest BCUT2D eigenvalue weighted by molar-refractivity contribution is -0.110. The molecule has 10 heavy (non-hydrogen) atoms. The molecule has 0 radical (unpaired) electrons. The van der Waals surface area contributed by atoms with Gasteiger partial charge in [-0.05, 0) is 6.92 Å². The number of amides is 1. The van der Waals surface area contributed by atoms with Crippen LogP contribution in [0.15, 0.2) is 11.6 Å². The molecule has 0 saturated heterocycles. The second kappa shape index (κ2) is 3.31. The van der Waals surface area contributed by atoms with Crippen LogP contribution in [0.25, 0.3) is 0 Å². The van der Waals surface area contributed by atoms with Crippen molar-refractivity contribution >= 4 is 17.7 Å². The van der Waals surface area contributed by atoms with Gasteiger partial charge in [-0.2, -0.15) is 0 Å². The first-order valence-electron chi connectivity index (χ1n) is 3.36. The fraction of sp³-hybridized carbons (Fsp3) is 0.333. The zero-order chi connectivity index (χ0) is 8.27. The van der Waals surface area contributed by atoms with Gasteiger partial charge in [-0.15, -0.1) is 11.3 Å². The van der Waals surface area contributed by atoms with Crippen LogP contribution in [-0.2, 0) is 4.79 Å². The van der Waals surface area contributed by atoms with Gasteiger partial charge in [0.1, 0.15) is 6.38 Å². The minimum absolute atomic E-state index is 0.153. The molecule has 0 aliphatic heterocycles. The molecule has 0 bridgehead atoms. The van der Waals surface area contributed by atoms with Gasteiger partial charge in [0.05, 0.1) is 6.04 Å². The van der Waals surface area contributed by atoms with Gasteiger partial charge in [-0.1, -0.05) is 0 Å². The molecule has 4 heteroatoms. The zero-order valence-corrected chi connectivity index (χ0v) is 6.31. The highest BCUT2D eigenvalue weighted by Gasteiger charge is 2.04. The molecular formula is C6H8N2OS. The van der Waals surface area contributed by atoms with Gasteiger partial charge in [0.2, 0.25) is 6.39 Å². The van der Waals surface area contributed by atoms with Crippen molar-refractivity contribution in [3.05, 3.63) is 16.6 Å². The maximum atomic E-state index is 10.3. The minimum Gasteiger partial charge on any atom is -0.350 e. The molecular weight excluding hydrogens is 148 g/mol. The van der Waals surface area contributed by atoms with Crippen LogP contribution in [0.1, 0.15) is 19.3 Å². The number of aromatic nitrogens is 1. The van der Waals surface area contributed by atoms with Crippen molar-refractivity contribution in [1.29, 1.82) is 0 Å². The maximum Gasteiger partial charge on any atom is 0.207 e. The topological polar surface area (TPSA) is 42.0 Å². The molecule has 0 aliphatic rings. The maximum absolute atomic E-state index is 10.3. The number of hydrogen-bond acceptors (Lipinski definition) is 3. The quantitative estimate of drug-likeness (QED) is 0.649. The fourth-order valence-corrected chi connectivity index (χ4v) is 1.24. The first kappa shape index (κ1) is 5.85. The predicted molar refractivity (Wildman–Crippen MR) is 39.7 cm³/mol. The molecule has 1 aromatic heterocycles. The Balaban J connectivity index is 2.56. The monoisotopic (exact) mass is 157 g/mol. The summed E-state index contributed by atoms with van der Waals surface area (Å²) < 4.78 is 6.64. The second-order valence-electron chi connectivity index (χ2n) is 1.84. The lowest BCUT2D eigenvalue weighted by Gasteiger charge is -2.03. The minimum atomic E-state index is -0.771. The third-order valence-electron chi connectivity index (χ3n) is 1.10. The Kier molecular flexibility index (Phi) is 1.94. The summed E-state index contributed by atoms with van der Waals surface area (Å²) in [7, 11) is 0. The standard InChI is InChI=1S/C6H8N2OS/c1-5(8-4-9)6-7-2-3-10-6/h2-5H,1H3,(H,8,9)/i4D. The van der Waals surface area contributed by atoms with Crippen molar-refractivity contribution in [2.24, 2.45) is 0 Å². The van der Waals surface area contributed by atoms with Crippen molar-refractivity contribution in [1.82, 2.24) is 10.3 Å². The van der Waals surface area contributed by atoms with Crippen LogP contribution in [0.4, 0.5) is 0 Å². The molecule has 3 nitrogen and oxygen atoms in total. The van der Waals surface area contributed by atoms with E-state index in [1.54, 1.807) is 13.1 Å². The Morgan fingerprint density at radius 1 is 2.10 bits per heavy atom. The molecule has 1 amide bonds. The summed E-state index contributed by atoms with van der Waals surface area (Å²) in [5.74, 6) is 0. The molecule has 0 aliphatic carbocycles. The van der Waals surface area contributed by atoms with Gasteiger partial charge >= 0.3 is 0 Å². The van der Waals surface area contributed by atoms with Crippen molar-refractivity contribution in [2.75, 3.05) is 0 Å². The summed E-state index contributed by atoms with van der Waals surface area (Å²) >= 11 is 1.46. The first-order chi connectivity index (χ1) is 5.20. The molecule has 1 atom stereocenters. The van der Waals surface area contributed by atoms with Crippen molar-refractivity contribution in [3.8, 4) is 0 Å². The average molecular weight is 157 g/mol. The summed E-state index contributed by atoms with van der Waals surface area (Å²) in [6, 6.07) is -0.153. The van der Waals surface area contributed by atoms with E-state index in [9.17, 15) is 4.79 Å². The third kappa shape index (κ3) is 1.54. The molecule has 1 rings (SSSR count).